The zero-order chi connectivity index (χ0) is 17.7. The Balaban J connectivity index is 3.28. The SMILES string of the molecule is CCCCCCCCCCO[C@@H](CCCCCCCCCC)OC. The van der Waals surface area contributed by atoms with Crippen LogP contribution in [0, 0.1) is 0 Å². The van der Waals surface area contributed by atoms with Crippen LogP contribution in [0.15, 0.2) is 0 Å². The van der Waals surface area contributed by atoms with Crippen molar-refractivity contribution in [1.82, 2.24) is 0 Å². The first-order chi connectivity index (χ1) is 11.8. The Morgan fingerprint density at radius 3 is 1.42 bits per heavy atom. The molecule has 0 aliphatic rings. The quantitative estimate of drug-likeness (QED) is 0.167. The lowest BCUT2D eigenvalue weighted by molar-refractivity contribution is -0.128. The summed E-state index contributed by atoms with van der Waals surface area (Å²) in [5.41, 5.74) is 0. The molecule has 0 radical (unpaired) electrons. The van der Waals surface area contributed by atoms with Gasteiger partial charge < -0.3 is 9.47 Å². The van der Waals surface area contributed by atoms with Gasteiger partial charge in [-0.2, -0.15) is 0 Å². The Kier molecular flexibility index (Phi) is 20.9. The van der Waals surface area contributed by atoms with Gasteiger partial charge in [0, 0.05) is 13.7 Å². The van der Waals surface area contributed by atoms with Crippen molar-refractivity contribution in [2.75, 3.05) is 13.7 Å². The van der Waals surface area contributed by atoms with E-state index in [1.807, 2.05) is 0 Å². The fraction of sp³-hybridized carbons (Fsp3) is 1.00. The third kappa shape index (κ3) is 18.3. The number of rotatable bonds is 20. The third-order valence-electron chi connectivity index (χ3n) is 4.86. The van der Waals surface area contributed by atoms with Crippen LogP contribution in [0.2, 0.25) is 0 Å². The van der Waals surface area contributed by atoms with E-state index in [4.69, 9.17) is 9.47 Å². The fourth-order valence-corrected chi connectivity index (χ4v) is 3.16. The van der Waals surface area contributed by atoms with Crippen LogP contribution in [0.3, 0.4) is 0 Å². The highest BCUT2D eigenvalue weighted by molar-refractivity contribution is 4.51. The second-order valence-corrected chi connectivity index (χ2v) is 7.27. The van der Waals surface area contributed by atoms with Crippen molar-refractivity contribution in [3.05, 3.63) is 0 Å². The van der Waals surface area contributed by atoms with Gasteiger partial charge in [0.25, 0.3) is 0 Å². The lowest BCUT2D eigenvalue weighted by Gasteiger charge is -2.16. The Bertz CT molecular complexity index is 218. The molecule has 0 unspecified atom stereocenters. The molecule has 0 amide bonds. The lowest BCUT2D eigenvalue weighted by Crippen LogP contribution is -2.16. The first kappa shape index (κ1) is 23.9. The molecule has 0 spiro atoms. The predicted molar refractivity (Wildman–Crippen MR) is 107 cm³/mol. The molecule has 0 fully saturated rings. The molecular formula is C22H46O2. The number of methoxy groups -OCH3 is 1. The average Bonchev–Trinajstić information content (AvgIpc) is 2.60. The van der Waals surface area contributed by atoms with Gasteiger partial charge >= 0.3 is 0 Å². The van der Waals surface area contributed by atoms with Crippen molar-refractivity contribution in [3.63, 3.8) is 0 Å². The van der Waals surface area contributed by atoms with E-state index in [0.29, 0.717) is 0 Å². The van der Waals surface area contributed by atoms with E-state index in [1.54, 1.807) is 7.11 Å². The topological polar surface area (TPSA) is 18.5 Å². The number of hydrogen-bond donors (Lipinski definition) is 0. The van der Waals surface area contributed by atoms with Crippen molar-refractivity contribution in [2.45, 2.75) is 129 Å². The van der Waals surface area contributed by atoms with Crippen molar-refractivity contribution in [3.8, 4) is 0 Å². The Morgan fingerprint density at radius 2 is 0.958 bits per heavy atom. The van der Waals surface area contributed by atoms with E-state index >= 15 is 0 Å². The highest BCUT2D eigenvalue weighted by atomic mass is 16.7. The number of ether oxygens (including phenoxy) is 2. The highest BCUT2D eigenvalue weighted by Gasteiger charge is 2.06. The minimum atomic E-state index is 0.0228. The minimum absolute atomic E-state index is 0.0228. The average molecular weight is 343 g/mol. The molecule has 146 valence electrons. The molecule has 0 aromatic heterocycles. The highest BCUT2D eigenvalue weighted by Crippen LogP contribution is 2.13. The maximum atomic E-state index is 5.87. The standard InChI is InChI=1S/C22H46O2/c1-4-6-8-10-12-14-16-18-20-22(23-3)24-21-19-17-15-13-11-9-7-5-2/h22H,4-21H2,1-3H3/t22-/m0/s1. The second kappa shape index (κ2) is 21.0. The van der Waals surface area contributed by atoms with E-state index in [2.05, 4.69) is 13.8 Å². The van der Waals surface area contributed by atoms with Gasteiger partial charge in [0.05, 0.1) is 0 Å². The summed E-state index contributed by atoms with van der Waals surface area (Å²) in [5, 5.41) is 0. The van der Waals surface area contributed by atoms with Gasteiger partial charge in [-0.1, -0.05) is 104 Å². The molecule has 1 atom stereocenters. The van der Waals surface area contributed by atoms with E-state index in [0.717, 1.165) is 13.0 Å². The third-order valence-corrected chi connectivity index (χ3v) is 4.86. The van der Waals surface area contributed by atoms with Crippen LogP contribution in [0.4, 0.5) is 0 Å². The molecule has 0 bridgehead atoms. The summed E-state index contributed by atoms with van der Waals surface area (Å²) < 4.78 is 11.3. The summed E-state index contributed by atoms with van der Waals surface area (Å²) in [4.78, 5) is 0. The molecule has 2 nitrogen and oxygen atoms in total. The van der Waals surface area contributed by atoms with Gasteiger partial charge in [0.15, 0.2) is 6.29 Å². The molecule has 2 heteroatoms. The summed E-state index contributed by atoms with van der Waals surface area (Å²) in [6.45, 7) is 5.42. The van der Waals surface area contributed by atoms with Gasteiger partial charge in [-0.3, -0.25) is 0 Å². The molecule has 0 aliphatic heterocycles. The zero-order valence-electron chi connectivity index (χ0n) is 17.1. The molecule has 0 rings (SSSR count). The largest absolute Gasteiger partial charge is 0.356 e. The normalized spacial score (nSPS) is 12.6. The van der Waals surface area contributed by atoms with Crippen LogP contribution in [0.1, 0.15) is 123 Å². The van der Waals surface area contributed by atoms with Gasteiger partial charge in [0.1, 0.15) is 0 Å². The molecule has 0 aromatic carbocycles. The molecule has 0 saturated carbocycles. The lowest BCUT2D eigenvalue weighted by atomic mass is 10.1. The van der Waals surface area contributed by atoms with Crippen LogP contribution >= 0.6 is 0 Å². The minimum Gasteiger partial charge on any atom is -0.356 e. The van der Waals surface area contributed by atoms with Crippen LogP contribution in [0.25, 0.3) is 0 Å². The van der Waals surface area contributed by atoms with Gasteiger partial charge in [0.2, 0.25) is 0 Å². The van der Waals surface area contributed by atoms with Crippen LogP contribution in [-0.2, 0) is 9.47 Å². The summed E-state index contributed by atoms with van der Waals surface area (Å²) in [6.07, 6.45) is 22.8. The smallest absolute Gasteiger partial charge is 0.157 e. The molecule has 0 heterocycles. The maximum absolute atomic E-state index is 5.87. The monoisotopic (exact) mass is 342 g/mol. The van der Waals surface area contributed by atoms with Crippen LogP contribution in [-0.4, -0.2) is 20.0 Å². The molecule has 24 heavy (non-hydrogen) atoms. The summed E-state index contributed by atoms with van der Waals surface area (Å²) in [5.74, 6) is 0. The second-order valence-electron chi connectivity index (χ2n) is 7.27. The van der Waals surface area contributed by atoms with E-state index in [-0.39, 0.29) is 6.29 Å². The van der Waals surface area contributed by atoms with Gasteiger partial charge in [-0.25, -0.2) is 0 Å². The molecule has 0 aromatic rings. The Morgan fingerprint density at radius 1 is 0.542 bits per heavy atom. The van der Waals surface area contributed by atoms with Crippen molar-refractivity contribution >= 4 is 0 Å². The van der Waals surface area contributed by atoms with Gasteiger partial charge in [-0.05, 0) is 19.3 Å². The first-order valence-electron chi connectivity index (χ1n) is 11.0. The summed E-state index contributed by atoms with van der Waals surface area (Å²) in [7, 11) is 1.78. The maximum Gasteiger partial charge on any atom is 0.157 e. The van der Waals surface area contributed by atoms with Crippen molar-refractivity contribution in [1.29, 1.82) is 0 Å². The number of hydrogen-bond acceptors (Lipinski definition) is 2. The first-order valence-corrected chi connectivity index (χ1v) is 11.0. The van der Waals surface area contributed by atoms with E-state index < -0.39 is 0 Å². The summed E-state index contributed by atoms with van der Waals surface area (Å²) in [6, 6.07) is 0. The fourth-order valence-electron chi connectivity index (χ4n) is 3.16. The molecule has 0 N–H and O–H groups in total. The summed E-state index contributed by atoms with van der Waals surface area (Å²) >= 11 is 0. The molecular weight excluding hydrogens is 296 g/mol. The van der Waals surface area contributed by atoms with Crippen molar-refractivity contribution < 1.29 is 9.47 Å². The number of unbranched alkanes of at least 4 members (excludes halogenated alkanes) is 14. The Labute approximate surface area is 153 Å². The molecule has 0 saturated heterocycles. The van der Waals surface area contributed by atoms with Crippen LogP contribution in [0.5, 0.6) is 0 Å². The Hall–Kier alpha value is -0.0800. The van der Waals surface area contributed by atoms with Crippen LogP contribution < -0.4 is 0 Å². The van der Waals surface area contributed by atoms with Gasteiger partial charge in [-0.15, -0.1) is 0 Å². The van der Waals surface area contributed by atoms with E-state index in [1.165, 1.54) is 103 Å². The predicted octanol–water partition coefficient (Wildman–Crippen LogP) is 7.65. The molecule has 0 aliphatic carbocycles. The van der Waals surface area contributed by atoms with E-state index in [9.17, 15) is 0 Å². The van der Waals surface area contributed by atoms with Crippen molar-refractivity contribution in [2.24, 2.45) is 0 Å². The zero-order valence-corrected chi connectivity index (χ0v) is 17.1.